The summed E-state index contributed by atoms with van der Waals surface area (Å²) in [6, 6.07) is 3.39. The fourth-order valence-electron chi connectivity index (χ4n) is 3.57. The minimum absolute atomic E-state index is 0.226. The molecule has 136 valence electrons. The number of amides is 4. The first-order chi connectivity index (χ1) is 11.9. The summed E-state index contributed by atoms with van der Waals surface area (Å²) in [5.41, 5.74) is -0.790. The van der Waals surface area contributed by atoms with E-state index in [1.54, 1.807) is 0 Å². The van der Waals surface area contributed by atoms with Crippen molar-refractivity contribution < 1.29 is 14.4 Å². The lowest BCUT2D eigenvalue weighted by molar-refractivity contribution is -0.136. The second kappa shape index (κ2) is 7.45. The number of hydrogen-bond donors (Lipinski definition) is 2. The summed E-state index contributed by atoms with van der Waals surface area (Å²) in [6.45, 7) is 2.32. The van der Waals surface area contributed by atoms with Crippen molar-refractivity contribution >= 4 is 45.1 Å². The second-order valence-corrected chi connectivity index (χ2v) is 9.29. The molecule has 1 aromatic rings. The van der Waals surface area contributed by atoms with Crippen molar-refractivity contribution in [2.45, 2.75) is 51.1 Å². The first-order valence-electron chi connectivity index (χ1n) is 8.58. The number of hydrogen-bond acceptors (Lipinski definition) is 4. The topological polar surface area (TPSA) is 78.5 Å². The lowest BCUT2D eigenvalue weighted by atomic mass is 9.75. The number of carbonyl (C=O) groups is 3. The van der Waals surface area contributed by atoms with Crippen LogP contribution in [0.3, 0.4) is 0 Å². The Morgan fingerprint density at radius 3 is 2.72 bits per heavy atom. The average Bonchev–Trinajstić information content (AvgIpc) is 3.11. The zero-order valence-corrected chi connectivity index (χ0v) is 16.5. The van der Waals surface area contributed by atoms with E-state index >= 15 is 0 Å². The molecule has 1 spiro atoms. The van der Waals surface area contributed by atoms with Crippen LogP contribution in [0, 0.1) is 5.92 Å². The summed E-state index contributed by atoms with van der Waals surface area (Å²) < 4.78 is 0.996. The Morgan fingerprint density at radius 2 is 2.12 bits per heavy atom. The summed E-state index contributed by atoms with van der Waals surface area (Å²) in [6.07, 6.45) is 4.31. The van der Waals surface area contributed by atoms with Crippen molar-refractivity contribution in [3.05, 3.63) is 20.8 Å². The molecule has 0 bridgehead atoms. The Hall–Kier alpha value is -1.41. The van der Waals surface area contributed by atoms with Crippen LogP contribution < -0.4 is 10.6 Å². The van der Waals surface area contributed by atoms with Gasteiger partial charge in [0.05, 0.1) is 10.3 Å². The minimum Gasteiger partial charge on any atom is -0.350 e. The highest BCUT2D eigenvalue weighted by molar-refractivity contribution is 9.11. The molecule has 1 saturated carbocycles. The van der Waals surface area contributed by atoms with Gasteiger partial charge in [-0.3, -0.25) is 14.5 Å². The number of imide groups is 1. The van der Waals surface area contributed by atoms with Gasteiger partial charge < -0.3 is 10.6 Å². The molecule has 2 aliphatic rings. The van der Waals surface area contributed by atoms with Crippen molar-refractivity contribution in [1.29, 1.82) is 0 Å². The quantitative estimate of drug-likeness (QED) is 0.708. The van der Waals surface area contributed by atoms with Crippen LogP contribution in [0.4, 0.5) is 4.79 Å². The smallest absolute Gasteiger partial charge is 0.325 e. The van der Waals surface area contributed by atoms with Crippen LogP contribution in [0.1, 0.15) is 43.9 Å². The molecule has 2 heterocycles. The van der Waals surface area contributed by atoms with E-state index in [1.165, 1.54) is 11.3 Å². The Kier molecular flexibility index (Phi) is 5.48. The second-order valence-electron chi connectivity index (χ2n) is 6.74. The van der Waals surface area contributed by atoms with Crippen molar-refractivity contribution in [3.8, 4) is 0 Å². The molecule has 25 heavy (non-hydrogen) atoms. The lowest BCUT2D eigenvalue weighted by Crippen LogP contribution is -2.50. The van der Waals surface area contributed by atoms with Gasteiger partial charge in [-0.1, -0.05) is 13.3 Å². The highest BCUT2D eigenvalue weighted by Gasteiger charge is 2.52. The summed E-state index contributed by atoms with van der Waals surface area (Å²) in [5.74, 6) is 0.0474. The van der Waals surface area contributed by atoms with Gasteiger partial charge in [0.15, 0.2) is 0 Å². The molecule has 0 atom stereocenters. The van der Waals surface area contributed by atoms with Crippen LogP contribution in [0.15, 0.2) is 15.9 Å². The zero-order chi connectivity index (χ0) is 18.0. The molecule has 3 rings (SSSR count). The highest BCUT2D eigenvalue weighted by atomic mass is 79.9. The Balaban J connectivity index is 1.56. The molecule has 1 saturated heterocycles. The van der Waals surface area contributed by atoms with Crippen LogP contribution in [0.5, 0.6) is 0 Å². The van der Waals surface area contributed by atoms with Crippen LogP contribution in [0.2, 0.25) is 0 Å². The standard InChI is InChI=1S/C17H22BrN3O3S/c1-2-11-5-7-17(8-6-11)15(23)21(16(24)20-17)10-14(22)19-9-12-3-4-13(18)25-12/h3-4,11H,2,5-10H2,1H3,(H,19,22)(H,20,24). The number of nitrogens with one attached hydrogen (secondary N) is 2. The van der Waals surface area contributed by atoms with Crippen molar-refractivity contribution in [1.82, 2.24) is 15.5 Å². The highest BCUT2D eigenvalue weighted by Crippen LogP contribution is 2.37. The predicted molar refractivity (Wildman–Crippen MR) is 99.1 cm³/mol. The molecule has 6 nitrogen and oxygen atoms in total. The van der Waals surface area contributed by atoms with Gasteiger partial charge in [0, 0.05) is 4.88 Å². The molecule has 1 aliphatic heterocycles. The minimum atomic E-state index is -0.790. The van der Waals surface area contributed by atoms with Crippen molar-refractivity contribution in [2.75, 3.05) is 6.54 Å². The van der Waals surface area contributed by atoms with E-state index in [9.17, 15) is 14.4 Å². The van der Waals surface area contributed by atoms with E-state index in [0.29, 0.717) is 25.3 Å². The molecule has 4 amide bonds. The van der Waals surface area contributed by atoms with E-state index in [2.05, 4.69) is 33.5 Å². The third-order valence-corrected chi connectivity index (χ3v) is 6.80. The Morgan fingerprint density at radius 1 is 1.40 bits per heavy atom. The molecule has 0 unspecified atom stereocenters. The van der Waals surface area contributed by atoms with E-state index in [1.807, 2.05) is 12.1 Å². The molecule has 0 radical (unpaired) electrons. The Bertz CT molecular complexity index is 682. The van der Waals surface area contributed by atoms with Gasteiger partial charge >= 0.3 is 6.03 Å². The fourth-order valence-corrected chi connectivity index (χ4v) is 4.99. The van der Waals surface area contributed by atoms with Gasteiger partial charge in [0.1, 0.15) is 12.1 Å². The SMILES string of the molecule is CCC1CCC2(CC1)NC(=O)N(CC(=O)NCc1ccc(Br)s1)C2=O. The largest absolute Gasteiger partial charge is 0.350 e. The molecule has 2 N–H and O–H groups in total. The van der Waals surface area contributed by atoms with Crippen LogP contribution in [-0.4, -0.2) is 34.8 Å². The number of halogens is 1. The lowest BCUT2D eigenvalue weighted by Gasteiger charge is -2.34. The van der Waals surface area contributed by atoms with E-state index < -0.39 is 11.6 Å². The van der Waals surface area contributed by atoms with E-state index in [4.69, 9.17) is 0 Å². The normalized spacial score (nSPS) is 26.2. The molecule has 2 fully saturated rings. The molecule has 8 heteroatoms. The maximum Gasteiger partial charge on any atom is 0.325 e. The van der Waals surface area contributed by atoms with Crippen LogP contribution in [0.25, 0.3) is 0 Å². The first-order valence-corrected chi connectivity index (χ1v) is 10.2. The molecule has 1 aliphatic carbocycles. The molecular weight excluding hydrogens is 406 g/mol. The van der Waals surface area contributed by atoms with Gasteiger partial charge in [0.25, 0.3) is 5.91 Å². The summed E-state index contributed by atoms with van der Waals surface area (Å²) in [7, 11) is 0. The molecular formula is C17H22BrN3O3S. The third-order valence-electron chi connectivity index (χ3n) is 5.17. The van der Waals surface area contributed by atoms with E-state index in [0.717, 1.165) is 32.8 Å². The monoisotopic (exact) mass is 427 g/mol. The zero-order valence-electron chi connectivity index (χ0n) is 14.1. The predicted octanol–water partition coefficient (Wildman–Crippen LogP) is 3.02. The summed E-state index contributed by atoms with van der Waals surface area (Å²) >= 11 is 4.91. The fraction of sp³-hybridized carbons (Fsp3) is 0.588. The Labute approximate surface area is 159 Å². The summed E-state index contributed by atoms with van der Waals surface area (Å²) in [4.78, 5) is 39.2. The average molecular weight is 428 g/mol. The van der Waals surface area contributed by atoms with Crippen molar-refractivity contribution in [2.24, 2.45) is 5.92 Å². The van der Waals surface area contributed by atoms with Crippen molar-refractivity contribution in [3.63, 3.8) is 0 Å². The maximum atomic E-state index is 12.8. The number of thiophene rings is 1. The van der Waals surface area contributed by atoms with Gasteiger partial charge in [-0.05, 0) is 59.7 Å². The van der Waals surface area contributed by atoms with Gasteiger partial charge in [-0.15, -0.1) is 11.3 Å². The van der Waals surface area contributed by atoms with Gasteiger partial charge in [0.2, 0.25) is 5.91 Å². The van der Waals surface area contributed by atoms with E-state index in [-0.39, 0.29) is 18.4 Å². The molecule has 1 aromatic heterocycles. The number of urea groups is 1. The van der Waals surface area contributed by atoms with Crippen LogP contribution in [-0.2, 0) is 16.1 Å². The number of rotatable bonds is 5. The van der Waals surface area contributed by atoms with Gasteiger partial charge in [-0.2, -0.15) is 0 Å². The third kappa shape index (κ3) is 3.89. The number of carbonyl (C=O) groups excluding carboxylic acids is 3. The maximum absolute atomic E-state index is 12.8. The van der Waals surface area contributed by atoms with Gasteiger partial charge in [-0.25, -0.2) is 4.79 Å². The summed E-state index contributed by atoms with van der Waals surface area (Å²) in [5, 5.41) is 5.61. The van der Waals surface area contributed by atoms with Crippen LogP contribution >= 0.6 is 27.3 Å². The molecule has 0 aromatic carbocycles. The first kappa shape index (κ1) is 18.4. The number of nitrogens with zero attached hydrogens (tertiary/aromatic N) is 1.